The quantitative estimate of drug-likeness (QED) is 0.946. The van der Waals surface area contributed by atoms with Crippen molar-refractivity contribution in [1.29, 1.82) is 5.26 Å². The Morgan fingerprint density at radius 3 is 2.67 bits per heavy atom. The van der Waals surface area contributed by atoms with E-state index in [1.165, 1.54) is 29.5 Å². The van der Waals surface area contributed by atoms with Gasteiger partial charge in [-0.05, 0) is 29.6 Å². The Labute approximate surface area is 114 Å². The first kappa shape index (κ1) is 12.9. The van der Waals surface area contributed by atoms with Crippen LogP contribution >= 0.6 is 22.9 Å². The normalized spacial score (nSPS) is 10.9. The molecule has 0 fully saturated rings. The van der Waals surface area contributed by atoms with Crippen molar-refractivity contribution in [2.24, 2.45) is 0 Å². The van der Waals surface area contributed by atoms with Crippen LogP contribution in [0, 0.1) is 11.3 Å². The highest BCUT2D eigenvalue weighted by atomic mass is 35.5. The highest BCUT2D eigenvalue weighted by Crippen LogP contribution is 2.23. The number of anilines is 1. The van der Waals surface area contributed by atoms with E-state index < -0.39 is 10.0 Å². The van der Waals surface area contributed by atoms with Gasteiger partial charge in [0.05, 0.1) is 21.2 Å². The summed E-state index contributed by atoms with van der Waals surface area (Å²) in [5.74, 6) is 0. The average Bonchev–Trinajstić information content (AvgIpc) is 2.81. The first-order chi connectivity index (χ1) is 8.53. The van der Waals surface area contributed by atoms with Crippen LogP contribution in [0.2, 0.25) is 5.02 Å². The molecular formula is C11H7ClN2O2S2. The molecule has 0 amide bonds. The van der Waals surface area contributed by atoms with Gasteiger partial charge in [0.25, 0.3) is 10.0 Å². The molecule has 1 N–H and O–H groups in total. The molecule has 0 radical (unpaired) electrons. The monoisotopic (exact) mass is 298 g/mol. The molecule has 92 valence electrons. The lowest BCUT2D eigenvalue weighted by atomic mass is 10.2. The smallest absolute Gasteiger partial charge is 0.261 e. The third-order valence-corrected chi connectivity index (χ3v) is 4.52. The number of hydrogen-bond donors (Lipinski definition) is 1. The van der Waals surface area contributed by atoms with Gasteiger partial charge in [-0.2, -0.15) is 16.6 Å². The van der Waals surface area contributed by atoms with Crippen molar-refractivity contribution in [3.63, 3.8) is 0 Å². The summed E-state index contributed by atoms with van der Waals surface area (Å²) in [6.07, 6.45) is 0. The maximum absolute atomic E-state index is 12.0. The minimum absolute atomic E-state index is 0.0256. The second-order valence-corrected chi connectivity index (χ2v) is 6.24. The number of halogens is 1. The summed E-state index contributed by atoms with van der Waals surface area (Å²) in [4.78, 5) is 0.0256. The van der Waals surface area contributed by atoms with Gasteiger partial charge in [0.15, 0.2) is 0 Å². The third-order valence-electron chi connectivity index (χ3n) is 2.14. The molecule has 0 bridgehead atoms. The standard InChI is InChI=1S/C11H7ClN2O2S2/c12-11-5-10(2-1-8(11)6-13)18(15,16)14-9-3-4-17-7-9/h1-5,7,14H. The van der Waals surface area contributed by atoms with Crippen molar-refractivity contribution in [3.8, 4) is 6.07 Å². The topological polar surface area (TPSA) is 70.0 Å². The summed E-state index contributed by atoms with van der Waals surface area (Å²) in [5, 5.41) is 12.3. The van der Waals surface area contributed by atoms with Gasteiger partial charge in [0.1, 0.15) is 6.07 Å². The van der Waals surface area contributed by atoms with E-state index in [1.54, 1.807) is 16.8 Å². The van der Waals surface area contributed by atoms with E-state index >= 15 is 0 Å². The van der Waals surface area contributed by atoms with Crippen molar-refractivity contribution >= 4 is 38.6 Å². The van der Waals surface area contributed by atoms with Gasteiger partial charge >= 0.3 is 0 Å². The van der Waals surface area contributed by atoms with Crippen LogP contribution in [0.25, 0.3) is 0 Å². The summed E-state index contributed by atoms with van der Waals surface area (Å²) < 4.78 is 26.4. The first-order valence-electron chi connectivity index (χ1n) is 4.77. The van der Waals surface area contributed by atoms with Gasteiger partial charge in [0, 0.05) is 5.38 Å². The molecule has 0 unspecified atom stereocenters. The molecule has 2 rings (SSSR count). The van der Waals surface area contributed by atoms with Crippen LogP contribution in [-0.2, 0) is 10.0 Å². The van der Waals surface area contributed by atoms with Crippen LogP contribution in [0.1, 0.15) is 5.56 Å². The Hall–Kier alpha value is -1.55. The fourth-order valence-electron chi connectivity index (χ4n) is 1.29. The van der Waals surface area contributed by atoms with E-state index in [0.717, 1.165) is 0 Å². The molecule has 0 aliphatic carbocycles. The molecule has 0 spiro atoms. The maximum Gasteiger partial charge on any atom is 0.261 e. The minimum Gasteiger partial charge on any atom is -0.279 e. The summed E-state index contributed by atoms with van der Waals surface area (Å²) in [5.41, 5.74) is 0.742. The van der Waals surface area contributed by atoms with Crippen molar-refractivity contribution in [1.82, 2.24) is 0 Å². The van der Waals surface area contributed by atoms with Crippen LogP contribution in [0.4, 0.5) is 5.69 Å². The number of nitrogens with one attached hydrogen (secondary N) is 1. The Morgan fingerprint density at radius 2 is 2.11 bits per heavy atom. The average molecular weight is 299 g/mol. The Balaban J connectivity index is 2.36. The van der Waals surface area contributed by atoms with E-state index in [9.17, 15) is 8.42 Å². The van der Waals surface area contributed by atoms with Crippen molar-refractivity contribution in [3.05, 3.63) is 45.6 Å². The number of nitrogens with zero attached hydrogens (tertiary/aromatic N) is 1. The lowest BCUT2D eigenvalue weighted by molar-refractivity contribution is 0.601. The number of thiophene rings is 1. The largest absolute Gasteiger partial charge is 0.279 e. The van der Waals surface area contributed by atoms with Gasteiger partial charge in [-0.3, -0.25) is 4.72 Å². The Kier molecular flexibility index (Phi) is 3.57. The molecule has 1 aromatic carbocycles. The van der Waals surface area contributed by atoms with Crippen LogP contribution in [0.5, 0.6) is 0 Å². The molecule has 2 aromatic rings. The molecule has 0 saturated heterocycles. The molecule has 0 aliphatic rings. The summed E-state index contributed by atoms with van der Waals surface area (Å²) in [6.45, 7) is 0. The summed E-state index contributed by atoms with van der Waals surface area (Å²) in [6, 6.07) is 7.52. The fourth-order valence-corrected chi connectivity index (χ4v) is 3.32. The molecule has 0 atom stereocenters. The molecule has 1 aromatic heterocycles. The zero-order valence-electron chi connectivity index (χ0n) is 8.92. The fraction of sp³-hybridized carbons (Fsp3) is 0. The molecule has 1 heterocycles. The van der Waals surface area contributed by atoms with Crippen LogP contribution < -0.4 is 4.72 Å². The molecule has 0 aliphatic heterocycles. The molecule has 0 saturated carbocycles. The minimum atomic E-state index is -3.67. The van der Waals surface area contributed by atoms with Crippen LogP contribution in [0.15, 0.2) is 39.9 Å². The van der Waals surface area contributed by atoms with Crippen LogP contribution in [-0.4, -0.2) is 8.42 Å². The first-order valence-corrected chi connectivity index (χ1v) is 7.58. The third kappa shape index (κ3) is 2.64. The lowest BCUT2D eigenvalue weighted by Gasteiger charge is -2.06. The number of nitriles is 1. The van der Waals surface area contributed by atoms with E-state index in [0.29, 0.717) is 5.69 Å². The van der Waals surface area contributed by atoms with Gasteiger partial charge in [-0.15, -0.1) is 0 Å². The highest BCUT2D eigenvalue weighted by molar-refractivity contribution is 7.92. The van der Waals surface area contributed by atoms with Crippen molar-refractivity contribution in [2.45, 2.75) is 4.90 Å². The van der Waals surface area contributed by atoms with E-state index in [2.05, 4.69) is 4.72 Å². The number of hydrogen-bond acceptors (Lipinski definition) is 4. The van der Waals surface area contributed by atoms with Gasteiger partial charge in [-0.25, -0.2) is 8.42 Å². The van der Waals surface area contributed by atoms with Crippen molar-refractivity contribution in [2.75, 3.05) is 4.72 Å². The SMILES string of the molecule is N#Cc1ccc(S(=O)(=O)Nc2ccsc2)cc1Cl. The number of sulfonamides is 1. The predicted molar refractivity (Wildman–Crippen MR) is 71.3 cm³/mol. The Morgan fingerprint density at radius 1 is 1.33 bits per heavy atom. The molecule has 7 heteroatoms. The highest BCUT2D eigenvalue weighted by Gasteiger charge is 2.15. The molecular weight excluding hydrogens is 292 g/mol. The van der Waals surface area contributed by atoms with Gasteiger partial charge < -0.3 is 0 Å². The van der Waals surface area contributed by atoms with Gasteiger partial charge in [0.2, 0.25) is 0 Å². The second kappa shape index (κ2) is 4.98. The number of benzene rings is 1. The second-order valence-electron chi connectivity index (χ2n) is 3.37. The van der Waals surface area contributed by atoms with E-state index in [4.69, 9.17) is 16.9 Å². The number of rotatable bonds is 3. The molecule has 18 heavy (non-hydrogen) atoms. The zero-order valence-corrected chi connectivity index (χ0v) is 11.3. The maximum atomic E-state index is 12.0. The van der Waals surface area contributed by atoms with E-state index in [1.807, 2.05) is 6.07 Å². The predicted octanol–water partition coefficient (Wildman–Crippen LogP) is 3.07. The lowest BCUT2D eigenvalue weighted by Crippen LogP contribution is -2.12. The zero-order chi connectivity index (χ0) is 13.2. The summed E-state index contributed by atoms with van der Waals surface area (Å²) >= 11 is 7.19. The summed E-state index contributed by atoms with van der Waals surface area (Å²) in [7, 11) is -3.67. The Bertz CT molecular complexity index is 703. The molecule has 4 nitrogen and oxygen atoms in total. The van der Waals surface area contributed by atoms with Crippen molar-refractivity contribution < 1.29 is 8.42 Å². The van der Waals surface area contributed by atoms with Gasteiger partial charge in [-0.1, -0.05) is 11.6 Å². The van der Waals surface area contributed by atoms with E-state index in [-0.39, 0.29) is 15.5 Å². The van der Waals surface area contributed by atoms with Crippen LogP contribution in [0.3, 0.4) is 0 Å².